The van der Waals surface area contributed by atoms with Crippen LogP contribution in [0.15, 0.2) is 18.7 Å². The predicted molar refractivity (Wildman–Crippen MR) is 136 cm³/mol. The van der Waals surface area contributed by atoms with E-state index in [1.807, 2.05) is 0 Å². The molecular formula is C22H29ClN8O6S. The molecule has 0 amide bonds. The minimum atomic E-state index is -4.18. The number of nitrogens with one attached hydrogen (secondary N) is 1. The van der Waals surface area contributed by atoms with Crippen molar-refractivity contribution in [1.29, 1.82) is 0 Å². The summed E-state index contributed by atoms with van der Waals surface area (Å²) in [7, 11) is -0.00443. The molecule has 0 saturated heterocycles. The topological polar surface area (TPSA) is 176 Å². The lowest BCUT2D eigenvalue weighted by molar-refractivity contribution is 0.0950. The molecule has 3 heterocycles. The van der Waals surface area contributed by atoms with E-state index in [0.717, 1.165) is 12.8 Å². The third-order valence-corrected chi connectivity index (χ3v) is 8.30. The van der Waals surface area contributed by atoms with Crippen molar-refractivity contribution in [3.05, 3.63) is 35.4 Å². The third-order valence-electron chi connectivity index (χ3n) is 6.41. The van der Waals surface area contributed by atoms with Crippen molar-refractivity contribution in [3.8, 4) is 17.4 Å². The summed E-state index contributed by atoms with van der Waals surface area (Å²) < 4.78 is 47.4. The lowest BCUT2D eigenvalue weighted by Crippen LogP contribution is -2.33. The molecule has 0 spiro atoms. The fraction of sp³-hybridized carbons (Fsp3) is 0.545. The second-order valence-electron chi connectivity index (χ2n) is 8.68. The third kappa shape index (κ3) is 5.50. The van der Waals surface area contributed by atoms with Crippen LogP contribution >= 0.6 is 11.6 Å². The van der Waals surface area contributed by atoms with Gasteiger partial charge in [-0.1, -0.05) is 24.4 Å². The number of rotatable bonds is 10. The van der Waals surface area contributed by atoms with Gasteiger partial charge in [-0.3, -0.25) is 9.29 Å². The molecule has 1 fully saturated rings. The van der Waals surface area contributed by atoms with Crippen molar-refractivity contribution in [2.45, 2.75) is 56.0 Å². The van der Waals surface area contributed by atoms with Crippen LogP contribution < -0.4 is 14.2 Å². The smallest absolute Gasteiger partial charge is 0.245 e. The molecule has 14 nitrogen and oxygen atoms in total. The molecule has 0 radical (unpaired) electrons. The standard InChI is InChI=1S/C22H29ClN8O6S/c1-12(17(35-2)18-24-9-13(23)10-25-18)38(33,34)30-22-29-28-19(14-7-5-6-8-15(14)32)31(22)16-20(36-3)26-11-27-21(16)37-4/h9-12,14-15,17,32H,5-8H2,1-4H3,(H,29,30)/t12-,14-,15+,17-/m0/s1. The maximum atomic E-state index is 13.6. The van der Waals surface area contributed by atoms with Gasteiger partial charge in [0.25, 0.3) is 0 Å². The molecule has 0 unspecified atom stereocenters. The van der Waals surface area contributed by atoms with E-state index in [1.54, 1.807) is 0 Å². The van der Waals surface area contributed by atoms with Crippen molar-refractivity contribution in [2.24, 2.45) is 0 Å². The maximum absolute atomic E-state index is 13.6. The minimum Gasteiger partial charge on any atom is -0.479 e. The van der Waals surface area contributed by atoms with Crippen LogP contribution in [-0.2, 0) is 14.8 Å². The number of methoxy groups -OCH3 is 3. The Kier molecular flexibility index (Phi) is 8.60. The van der Waals surface area contributed by atoms with E-state index in [2.05, 4.69) is 34.9 Å². The first-order valence-electron chi connectivity index (χ1n) is 11.8. The monoisotopic (exact) mass is 568 g/mol. The average molecular weight is 569 g/mol. The zero-order chi connectivity index (χ0) is 27.4. The predicted octanol–water partition coefficient (Wildman–Crippen LogP) is 2.05. The van der Waals surface area contributed by atoms with E-state index in [0.29, 0.717) is 23.7 Å². The van der Waals surface area contributed by atoms with Gasteiger partial charge in [0.05, 0.1) is 25.3 Å². The van der Waals surface area contributed by atoms with Gasteiger partial charge in [-0.15, -0.1) is 10.2 Å². The fourth-order valence-corrected chi connectivity index (χ4v) is 5.66. The summed E-state index contributed by atoms with van der Waals surface area (Å²) in [6, 6.07) is 0. The summed E-state index contributed by atoms with van der Waals surface area (Å²) in [5.74, 6) is 0.0704. The zero-order valence-corrected chi connectivity index (χ0v) is 22.8. The van der Waals surface area contributed by atoms with Gasteiger partial charge in [0.1, 0.15) is 23.5 Å². The number of halogens is 1. The molecular weight excluding hydrogens is 540 g/mol. The second kappa shape index (κ2) is 11.7. The normalized spacial score (nSPS) is 19.5. The molecule has 4 atom stereocenters. The van der Waals surface area contributed by atoms with Crippen LogP contribution in [0, 0.1) is 0 Å². The van der Waals surface area contributed by atoms with Gasteiger partial charge >= 0.3 is 0 Å². The fourth-order valence-electron chi connectivity index (χ4n) is 4.43. The highest BCUT2D eigenvalue weighted by Gasteiger charge is 2.37. The summed E-state index contributed by atoms with van der Waals surface area (Å²) in [6.07, 6.45) is 5.18. The van der Waals surface area contributed by atoms with E-state index in [4.69, 9.17) is 25.8 Å². The summed E-state index contributed by atoms with van der Waals surface area (Å²) in [5.41, 5.74) is 0.185. The van der Waals surface area contributed by atoms with Crippen molar-refractivity contribution >= 4 is 27.6 Å². The highest BCUT2D eigenvalue weighted by molar-refractivity contribution is 7.93. The average Bonchev–Trinajstić information content (AvgIpc) is 3.31. The van der Waals surface area contributed by atoms with Crippen LogP contribution in [0.5, 0.6) is 11.8 Å². The first-order valence-corrected chi connectivity index (χ1v) is 13.7. The molecule has 1 aliphatic rings. The van der Waals surface area contributed by atoms with Crippen LogP contribution in [-0.4, -0.2) is 80.9 Å². The lowest BCUT2D eigenvalue weighted by Gasteiger charge is -2.28. The van der Waals surface area contributed by atoms with E-state index in [9.17, 15) is 13.5 Å². The number of nitrogens with zero attached hydrogens (tertiary/aromatic N) is 7. The Morgan fingerprint density at radius 2 is 1.68 bits per heavy atom. The van der Waals surface area contributed by atoms with Crippen molar-refractivity contribution in [2.75, 3.05) is 26.1 Å². The number of hydrogen-bond acceptors (Lipinski definition) is 12. The van der Waals surface area contributed by atoms with Crippen LogP contribution in [0.25, 0.3) is 5.69 Å². The number of aliphatic hydroxyl groups excluding tert-OH is 1. The van der Waals surface area contributed by atoms with Gasteiger partial charge in [0.2, 0.25) is 27.7 Å². The molecule has 38 heavy (non-hydrogen) atoms. The number of aromatic nitrogens is 7. The number of aliphatic hydroxyl groups is 1. The molecule has 3 aromatic rings. The molecule has 0 aromatic carbocycles. The molecule has 1 saturated carbocycles. The Labute approximate surface area is 224 Å². The quantitative estimate of drug-likeness (QED) is 0.364. The van der Waals surface area contributed by atoms with Crippen LogP contribution in [0.4, 0.5) is 5.95 Å². The van der Waals surface area contributed by atoms with Crippen molar-refractivity contribution in [1.82, 2.24) is 34.7 Å². The van der Waals surface area contributed by atoms with Gasteiger partial charge in [-0.05, 0) is 19.8 Å². The lowest BCUT2D eigenvalue weighted by atomic mass is 9.86. The summed E-state index contributed by atoms with van der Waals surface area (Å²) in [6.45, 7) is 1.45. The molecule has 3 aromatic heterocycles. The van der Waals surface area contributed by atoms with E-state index < -0.39 is 33.4 Å². The highest BCUT2D eigenvalue weighted by atomic mass is 35.5. The van der Waals surface area contributed by atoms with Crippen LogP contribution in [0.2, 0.25) is 5.02 Å². The number of ether oxygens (including phenoxy) is 3. The molecule has 2 N–H and O–H groups in total. The van der Waals surface area contributed by atoms with Gasteiger partial charge in [-0.25, -0.2) is 18.4 Å². The molecule has 206 valence electrons. The Bertz CT molecular complexity index is 1330. The maximum Gasteiger partial charge on any atom is 0.245 e. The van der Waals surface area contributed by atoms with Gasteiger partial charge in [0, 0.05) is 25.4 Å². The van der Waals surface area contributed by atoms with E-state index in [1.165, 1.54) is 51.5 Å². The number of hydrogen-bond donors (Lipinski definition) is 2. The molecule has 16 heteroatoms. The second-order valence-corrected chi connectivity index (χ2v) is 11.2. The first kappa shape index (κ1) is 27.9. The molecule has 4 rings (SSSR count). The zero-order valence-electron chi connectivity index (χ0n) is 21.3. The Balaban J connectivity index is 1.80. The number of anilines is 1. The summed E-state index contributed by atoms with van der Waals surface area (Å²) >= 11 is 5.88. The van der Waals surface area contributed by atoms with E-state index in [-0.39, 0.29) is 29.2 Å². The molecule has 1 aliphatic carbocycles. The van der Waals surface area contributed by atoms with Gasteiger partial charge in [0.15, 0.2) is 11.5 Å². The van der Waals surface area contributed by atoms with Crippen LogP contribution in [0.1, 0.15) is 56.3 Å². The first-order chi connectivity index (χ1) is 18.2. The Morgan fingerprint density at radius 1 is 1.05 bits per heavy atom. The number of sulfonamides is 1. The Hall–Kier alpha value is -3.14. The van der Waals surface area contributed by atoms with Crippen LogP contribution in [0.3, 0.4) is 0 Å². The van der Waals surface area contributed by atoms with Crippen molar-refractivity contribution < 1.29 is 27.7 Å². The summed E-state index contributed by atoms with van der Waals surface area (Å²) in [5, 5.41) is 18.3. The molecule has 0 aliphatic heterocycles. The minimum absolute atomic E-state index is 0.0982. The van der Waals surface area contributed by atoms with Gasteiger partial charge < -0.3 is 19.3 Å². The summed E-state index contributed by atoms with van der Waals surface area (Å²) in [4.78, 5) is 16.5. The highest BCUT2D eigenvalue weighted by Crippen LogP contribution is 2.39. The van der Waals surface area contributed by atoms with Gasteiger partial charge in [-0.2, -0.15) is 9.97 Å². The van der Waals surface area contributed by atoms with E-state index >= 15 is 0 Å². The largest absolute Gasteiger partial charge is 0.479 e. The SMILES string of the molecule is COc1ncnc(OC)c1-n1c(NS(=O)(=O)[C@@H](C)[C@H](OC)c2ncc(Cl)cn2)nnc1[C@H]1CCCC[C@H]1O. The molecule has 0 bridgehead atoms. The Morgan fingerprint density at radius 3 is 2.26 bits per heavy atom. The van der Waals surface area contributed by atoms with Crippen molar-refractivity contribution in [3.63, 3.8) is 0 Å².